The molecule has 0 saturated carbocycles. The molecular weight excluding hydrogens is 380 g/mol. The van der Waals surface area contributed by atoms with Crippen molar-refractivity contribution < 1.29 is 26.8 Å². The highest BCUT2D eigenvalue weighted by Gasteiger charge is 2.25. The van der Waals surface area contributed by atoms with Crippen molar-refractivity contribution in [1.29, 1.82) is 0 Å². The molecule has 2 aromatic rings. The molecule has 0 aliphatic heterocycles. The third-order valence-electron chi connectivity index (χ3n) is 3.93. The van der Waals surface area contributed by atoms with Crippen molar-refractivity contribution in [3.8, 4) is 5.75 Å². The summed E-state index contributed by atoms with van der Waals surface area (Å²) in [6, 6.07) is 16.6. The molecule has 1 atom stereocenters. The molecule has 6 nitrogen and oxygen atoms in total. The summed E-state index contributed by atoms with van der Waals surface area (Å²) in [5.41, 5.74) is 1.20. The van der Waals surface area contributed by atoms with Crippen molar-refractivity contribution in [3.63, 3.8) is 0 Å². The van der Waals surface area contributed by atoms with Crippen LogP contribution in [0.4, 0.5) is 4.79 Å². The van der Waals surface area contributed by atoms with E-state index in [0.717, 1.165) is 11.1 Å². The second kappa shape index (κ2) is 10.8. The van der Waals surface area contributed by atoms with E-state index >= 15 is 0 Å². The van der Waals surface area contributed by atoms with Gasteiger partial charge in [-0.3, -0.25) is 4.18 Å². The molecule has 0 radical (unpaired) electrons. The molecule has 0 aliphatic rings. The normalized spacial score (nSPS) is 12.2. The molecule has 0 aliphatic carbocycles. The number of aryl methyl sites for hydroxylation is 1. The molecule has 0 aromatic heterocycles. The Kier molecular flexibility index (Phi) is 8.47. The average molecular weight is 407 g/mol. The summed E-state index contributed by atoms with van der Waals surface area (Å²) >= 11 is -1.86. The van der Waals surface area contributed by atoms with Crippen molar-refractivity contribution in [1.82, 2.24) is 0 Å². The predicted molar refractivity (Wildman–Crippen MR) is 107 cm³/mol. The van der Waals surface area contributed by atoms with Crippen LogP contribution in [0.25, 0.3) is 0 Å². The number of rotatable bonds is 10. The Morgan fingerprint density at radius 1 is 0.964 bits per heavy atom. The minimum absolute atomic E-state index is 0.193. The van der Waals surface area contributed by atoms with E-state index in [-0.39, 0.29) is 13.2 Å². The van der Waals surface area contributed by atoms with E-state index in [1.54, 1.807) is 26.0 Å². The molecule has 0 heterocycles. The highest BCUT2D eigenvalue weighted by atomic mass is 32.2. The Hall–Kier alpha value is -2.38. The van der Waals surface area contributed by atoms with E-state index in [1.165, 1.54) is 0 Å². The van der Waals surface area contributed by atoms with Gasteiger partial charge in [0.05, 0.1) is 13.2 Å². The fraction of sp³-hybridized carbons (Fsp3) is 0.381. The Morgan fingerprint density at radius 2 is 1.61 bits per heavy atom. The van der Waals surface area contributed by atoms with Crippen LogP contribution in [0.3, 0.4) is 0 Å². The van der Waals surface area contributed by atoms with Crippen molar-refractivity contribution in [2.75, 3.05) is 13.2 Å². The molecule has 2 aromatic carbocycles. The van der Waals surface area contributed by atoms with Gasteiger partial charge in [0.1, 0.15) is 11.4 Å². The second-order valence-corrected chi connectivity index (χ2v) is 7.52. The van der Waals surface area contributed by atoms with Crippen LogP contribution in [0.5, 0.6) is 5.75 Å². The van der Waals surface area contributed by atoms with Crippen molar-refractivity contribution >= 4 is 17.5 Å². The highest BCUT2D eigenvalue weighted by molar-refractivity contribution is 7.75. The van der Waals surface area contributed by atoms with E-state index < -0.39 is 23.1 Å². The molecule has 7 heteroatoms. The lowest BCUT2D eigenvalue weighted by molar-refractivity contribution is -0.0199. The standard InChI is InChI=1S/C21H26O6S/c1-17-11-13-19(14-12-17)27-28(23)25-16-8-7-15-24-20(22)26-21(2,3)18-9-5-4-6-10-18/h4-6,9-14H,7-8,15-16H2,1-3H3. The number of carbonyl (C=O) groups is 1. The van der Waals surface area contributed by atoms with Crippen LogP contribution in [0.15, 0.2) is 54.6 Å². The first-order valence-electron chi connectivity index (χ1n) is 9.08. The largest absolute Gasteiger partial charge is 0.509 e. The molecule has 0 bridgehead atoms. The predicted octanol–water partition coefficient (Wildman–Crippen LogP) is 4.84. The highest BCUT2D eigenvalue weighted by Crippen LogP contribution is 2.24. The maximum absolute atomic E-state index is 11.9. The minimum atomic E-state index is -1.86. The van der Waals surface area contributed by atoms with Gasteiger partial charge in [-0.25, -0.2) is 4.79 Å². The van der Waals surface area contributed by atoms with E-state index in [0.29, 0.717) is 18.6 Å². The zero-order valence-corrected chi connectivity index (χ0v) is 17.2. The zero-order valence-electron chi connectivity index (χ0n) is 16.4. The molecule has 2 rings (SSSR count). The van der Waals surface area contributed by atoms with E-state index in [4.69, 9.17) is 17.8 Å². The fourth-order valence-corrected chi connectivity index (χ4v) is 2.89. The van der Waals surface area contributed by atoms with Crippen LogP contribution < -0.4 is 4.18 Å². The molecule has 0 saturated heterocycles. The lowest BCUT2D eigenvalue weighted by Crippen LogP contribution is -2.26. The van der Waals surface area contributed by atoms with Crippen LogP contribution in [-0.2, 0) is 30.6 Å². The van der Waals surface area contributed by atoms with Crippen LogP contribution in [0.2, 0.25) is 0 Å². The van der Waals surface area contributed by atoms with Gasteiger partial charge in [0.15, 0.2) is 0 Å². The zero-order chi connectivity index (χ0) is 20.4. The van der Waals surface area contributed by atoms with Gasteiger partial charge in [-0.05, 0) is 51.3 Å². The molecule has 0 fully saturated rings. The van der Waals surface area contributed by atoms with E-state index in [1.807, 2.05) is 49.4 Å². The van der Waals surface area contributed by atoms with Gasteiger partial charge in [-0.2, -0.15) is 4.21 Å². The molecule has 0 spiro atoms. The summed E-state index contributed by atoms with van der Waals surface area (Å²) in [7, 11) is 0. The maximum atomic E-state index is 11.9. The number of carbonyl (C=O) groups excluding carboxylic acids is 1. The van der Waals surface area contributed by atoms with Gasteiger partial charge in [-0.15, -0.1) is 0 Å². The second-order valence-electron chi connectivity index (χ2n) is 6.71. The summed E-state index contributed by atoms with van der Waals surface area (Å²) in [5.74, 6) is 0.482. The molecule has 28 heavy (non-hydrogen) atoms. The van der Waals surface area contributed by atoms with Gasteiger partial charge < -0.3 is 13.7 Å². The van der Waals surface area contributed by atoms with Crippen LogP contribution in [-0.4, -0.2) is 23.6 Å². The lowest BCUT2D eigenvalue weighted by atomic mass is 9.98. The monoisotopic (exact) mass is 406 g/mol. The minimum Gasteiger partial charge on any atom is -0.434 e. The number of hydrogen-bond donors (Lipinski definition) is 0. The summed E-state index contributed by atoms with van der Waals surface area (Å²) in [6.45, 7) is 5.99. The first-order valence-corrected chi connectivity index (χ1v) is 10.1. The maximum Gasteiger partial charge on any atom is 0.509 e. The molecule has 1 unspecified atom stereocenters. The number of unbranched alkanes of at least 4 members (excludes halogenated alkanes) is 1. The Bertz CT molecular complexity index is 758. The SMILES string of the molecule is Cc1ccc(OS(=O)OCCCCOC(=O)OC(C)(C)c2ccccc2)cc1. The number of ether oxygens (including phenoxy) is 2. The van der Waals surface area contributed by atoms with Crippen LogP contribution >= 0.6 is 0 Å². The summed E-state index contributed by atoms with van der Waals surface area (Å²) in [5, 5.41) is 0. The quantitative estimate of drug-likeness (QED) is 0.415. The molecule has 0 N–H and O–H groups in total. The van der Waals surface area contributed by atoms with Gasteiger partial charge >= 0.3 is 17.5 Å². The van der Waals surface area contributed by atoms with Crippen molar-refractivity contribution in [2.24, 2.45) is 0 Å². The summed E-state index contributed by atoms with van der Waals surface area (Å²) in [6.07, 6.45) is 0.405. The summed E-state index contributed by atoms with van der Waals surface area (Å²) in [4.78, 5) is 11.9. The average Bonchev–Trinajstić information content (AvgIpc) is 2.67. The van der Waals surface area contributed by atoms with Gasteiger partial charge in [0, 0.05) is 0 Å². The fourth-order valence-electron chi connectivity index (χ4n) is 2.32. The smallest absolute Gasteiger partial charge is 0.434 e. The third-order valence-corrected chi connectivity index (χ3v) is 4.62. The first-order chi connectivity index (χ1) is 13.4. The van der Waals surface area contributed by atoms with E-state index in [2.05, 4.69) is 0 Å². The van der Waals surface area contributed by atoms with Crippen LogP contribution in [0.1, 0.15) is 37.8 Å². The third kappa shape index (κ3) is 7.70. The molecule has 152 valence electrons. The number of hydrogen-bond acceptors (Lipinski definition) is 6. The van der Waals surface area contributed by atoms with Gasteiger partial charge in [-0.1, -0.05) is 48.0 Å². The Balaban J connectivity index is 1.58. The van der Waals surface area contributed by atoms with Crippen molar-refractivity contribution in [3.05, 3.63) is 65.7 Å². The first kappa shape index (κ1) is 21.9. The van der Waals surface area contributed by atoms with Gasteiger partial charge in [0.25, 0.3) is 0 Å². The molecular formula is C21H26O6S. The van der Waals surface area contributed by atoms with Crippen LogP contribution in [0, 0.1) is 6.92 Å². The lowest BCUT2D eigenvalue weighted by Gasteiger charge is -2.24. The summed E-state index contributed by atoms with van der Waals surface area (Å²) < 4.78 is 32.4. The van der Waals surface area contributed by atoms with E-state index in [9.17, 15) is 9.00 Å². The van der Waals surface area contributed by atoms with Crippen molar-refractivity contribution in [2.45, 2.75) is 39.2 Å². The van der Waals surface area contributed by atoms with Gasteiger partial charge in [0.2, 0.25) is 0 Å². The molecule has 0 amide bonds. The Morgan fingerprint density at radius 3 is 2.29 bits per heavy atom. The topological polar surface area (TPSA) is 71.1 Å². The number of benzene rings is 2. The Labute approximate surface area is 168 Å².